The lowest BCUT2D eigenvalue weighted by Gasteiger charge is -2.08. The normalized spacial score (nSPS) is 10.6. The van der Waals surface area contributed by atoms with Gasteiger partial charge in [-0.2, -0.15) is 5.10 Å². The summed E-state index contributed by atoms with van der Waals surface area (Å²) >= 11 is 0. The number of aryl methyl sites for hydroxylation is 3. The van der Waals surface area contributed by atoms with Crippen molar-refractivity contribution in [3.05, 3.63) is 35.3 Å². The second-order valence-corrected chi connectivity index (χ2v) is 4.50. The van der Waals surface area contributed by atoms with Crippen LogP contribution >= 0.6 is 0 Å². The van der Waals surface area contributed by atoms with Crippen molar-refractivity contribution in [1.29, 1.82) is 0 Å². The number of anilines is 2. The van der Waals surface area contributed by atoms with Crippen LogP contribution in [0.4, 0.5) is 11.5 Å². The van der Waals surface area contributed by atoms with E-state index in [1.165, 1.54) is 5.56 Å². The Morgan fingerprint density at radius 1 is 1.33 bits per heavy atom. The molecule has 18 heavy (non-hydrogen) atoms. The number of H-pyrrole nitrogens is 1. The van der Waals surface area contributed by atoms with E-state index < -0.39 is 0 Å². The number of pyridine rings is 1. The highest BCUT2D eigenvalue weighted by molar-refractivity contribution is 5.61. The van der Waals surface area contributed by atoms with Gasteiger partial charge in [-0.15, -0.1) is 0 Å². The van der Waals surface area contributed by atoms with Crippen molar-refractivity contribution >= 4 is 11.5 Å². The van der Waals surface area contributed by atoms with Crippen molar-refractivity contribution in [3.8, 4) is 0 Å². The van der Waals surface area contributed by atoms with Gasteiger partial charge in [0.05, 0.1) is 11.9 Å². The molecule has 0 spiro atoms. The summed E-state index contributed by atoms with van der Waals surface area (Å²) in [5.74, 6) is 0.768. The van der Waals surface area contributed by atoms with Crippen LogP contribution in [0.1, 0.15) is 23.2 Å². The smallest absolute Gasteiger partial charge is 0.149 e. The fourth-order valence-corrected chi connectivity index (χ4v) is 1.85. The van der Waals surface area contributed by atoms with Crippen LogP contribution in [0.15, 0.2) is 18.5 Å². The van der Waals surface area contributed by atoms with Crippen LogP contribution in [0.25, 0.3) is 0 Å². The Morgan fingerprint density at radius 3 is 2.83 bits per heavy atom. The average molecular weight is 245 g/mol. The third-order valence-electron chi connectivity index (χ3n) is 2.90. The first kappa shape index (κ1) is 12.4. The third kappa shape index (κ3) is 3.00. The quantitative estimate of drug-likeness (QED) is 0.704. The first-order chi connectivity index (χ1) is 8.66. The SMILES string of the molecule is Cc1cnc(NCCCc2cn[nH]c2C)c(N)c1. The highest BCUT2D eigenvalue weighted by Gasteiger charge is 2.02. The zero-order valence-corrected chi connectivity index (χ0v) is 10.8. The Kier molecular flexibility index (Phi) is 3.82. The number of nitrogens with two attached hydrogens (primary N) is 1. The van der Waals surface area contributed by atoms with Crippen LogP contribution in [0, 0.1) is 13.8 Å². The lowest BCUT2D eigenvalue weighted by molar-refractivity contribution is 0.854. The molecular weight excluding hydrogens is 226 g/mol. The maximum atomic E-state index is 5.88. The lowest BCUT2D eigenvalue weighted by Crippen LogP contribution is -2.07. The number of nitrogens with zero attached hydrogens (tertiary/aromatic N) is 2. The number of nitrogens with one attached hydrogen (secondary N) is 2. The monoisotopic (exact) mass is 245 g/mol. The molecule has 5 nitrogen and oxygen atoms in total. The van der Waals surface area contributed by atoms with Crippen molar-refractivity contribution in [2.45, 2.75) is 26.7 Å². The molecule has 0 amide bonds. The number of rotatable bonds is 5. The standard InChI is InChI=1S/C13H19N5/c1-9-6-12(14)13(16-7-9)15-5-3-4-11-8-17-18-10(11)2/h6-8H,3-5,14H2,1-2H3,(H,15,16)(H,17,18). The van der Waals surface area contributed by atoms with Gasteiger partial charge in [-0.05, 0) is 43.9 Å². The van der Waals surface area contributed by atoms with Gasteiger partial charge in [-0.3, -0.25) is 5.10 Å². The maximum absolute atomic E-state index is 5.88. The van der Waals surface area contributed by atoms with Gasteiger partial charge < -0.3 is 11.1 Å². The van der Waals surface area contributed by atoms with E-state index in [0.29, 0.717) is 5.69 Å². The zero-order valence-electron chi connectivity index (χ0n) is 10.8. The number of aromatic nitrogens is 3. The minimum Gasteiger partial charge on any atom is -0.396 e. The number of hydrogen-bond acceptors (Lipinski definition) is 4. The van der Waals surface area contributed by atoms with Crippen molar-refractivity contribution in [2.75, 3.05) is 17.6 Å². The van der Waals surface area contributed by atoms with E-state index >= 15 is 0 Å². The molecule has 2 aromatic heterocycles. The van der Waals surface area contributed by atoms with Gasteiger partial charge in [0, 0.05) is 18.4 Å². The molecule has 0 saturated heterocycles. The summed E-state index contributed by atoms with van der Waals surface area (Å²) < 4.78 is 0. The van der Waals surface area contributed by atoms with Crippen molar-refractivity contribution < 1.29 is 0 Å². The molecule has 0 fully saturated rings. The summed E-state index contributed by atoms with van der Waals surface area (Å²) in [7, 11) is 0. The summed E-state index contributed by atoms with van der Waals surface area (Å²) in [5, 5.41) is 10.2. The predicted octanol–water partition coefficient (Wildman–Crippen LogP) is 2.05. The molecule has 0 bridgehead atoms. The number of nitrogen functional groups attached to an aromatic ring is 1. The molecule has 0 aromatic carbocycles. The number of aromatic amines is 1. The van der Waals surface area contributed by atoms with Crippen LogP contribution in [0.2, 0.25) is 0 Å². The summed E-state index contributed by atoms with van der Waals surface area (Å²) in [6.45, 7) is 4.87. The molecule has 2 rings (SSSR count). The van der Waals surface area contributed by atoms with Crippen LogP contribution in [0.5, 0.6) is 0 Å². The molecule has 0 aliphatic carbocycles. The van der Waals surface area contributed by atoms with E-state index in [2.05, 4.69) is 20.5 Å². The van der Waals surface area contributed by atoms with Gasteiger partial charge in [0.25, 0.3) is 0 Å². The molecule has 2 aromatic rings. The molecule has 96 valence electrons. The second-order valence-electron chi connectivity index (χ2n) is 4.50. The average Bonchev–Trinajstić information content (AvgIpc) is 2.73. The maximum Gasteiger partial charge on any atom is 0.149 e. The molecule has 0 atom stereocenters. The van der Waals surface area contributed by atoms with E-state index in [1.807, 2.05) is 32.3 Å². The second kappa shape index (κ2) is 5.53. The van der Waals surface area contributed by atoms with Crippen LogP contribution in [0.3, 0.4) is 0 Å². The summed E-state index contributed by atoms with van der Waals surface area (Å²) in [6.07, 6.45) is 5.73. The van der Waals surface area contributed by atoms with Crippen LogP contribution in [-0.2, 0) is 6.42 Å². The molecule has 5 heteroatoms. The fourth-order valence-electron chi connectivity index (χ4n) is 1.85. The van der Waals surface area contributed by atoms with E-state index in [9.17, 15) is 0 Å². The van der Waals surface area contributed by atoms with E-state index in [1.54, 1.807) is 0 Å². The van der Waals surface area contributed by atoms with Gasteiger partial charge in [0.15, 0.2) is 0 Å². The molecular formula is C13H19N5. The summed E-state index contributed by atoms with van der Waals surface area (Å²) in [4.78, 5) is 4.28. The molecule has 0 saturated carbocycles. The van der Waals surface area contributed by atoms with E-state index in [4.69, 9.17) is 5.73 Å². The van der Waals surface area contributed by atoms with Gasteiger partial charge >= 0.3 is 0 Å². The molecule has 2 heterocycles. The molecule has 4 N–H and O–H groups in total. The summed E-state index contributed by atoms with van der Waals surface area (Å²) in [6, 6.07) is 1.93. The van der Waals surface area contributed by atoms with E-state index in [-0.39, 0.29) is 0 Å². The molecule has 0 radical (unpaired) electrons. The van der Waals surface area contributed by atoms with Gasteiger partial charge in [-0.1, -0.05) is 0 Å². The van der Waals surface area contributed by atoms with Crippen molar-refractivity contribution in [3.63, 3.8) is 0 Å². The third-order valence-corrected chi connectivity index (χ3v) is 2.90. The largest absolute Gasteiger partial charge is 0.396 e. The Balaban J connectivity index is 1.80. The van der Waals surface area contributed by atoms with Crippen LogP contribution in [-0.4, -0.2) is 21.7 Å². The van der Waals surface area contributed by atoms with Gasteiger partial charge in [0.2, 0.25) is 0 Å². The minimum atomic E-state index is 0.703. The highest BCUT2D eigenvalue weighted by Crippen LogP contribution is 2.15. The highest BCUT2D eigenvalue weighted by atomic mass is 15.1. The first-order valence-corrected chi connectivity index (χ1v) is 6.11. The fraction of sp³-hybridized carbons (Fsp3) is 0.385. The molecule has 0 aliphatic rings. The summed E-state index contributed by atoms with van der Waals surface area (Å²) in [5.41, 5.74) is 10.1. The Labute approximate surface area is 107 Å². The Hall–Kier alpha value is -2.04. The van der Waals surface area contributed by atoms with E-state index in [0.717, 1.165) is 36.5 Å². The lowest BCUT2D eigenvalue weighted by atomic mass is 10.1. The topological polar surface area (TPSA) is 79.6 Å². The Morgan fingerprint density at radius 2 is 2.17 bits per heavy atom. The minimum absolute atomic E-state index is 0.703. The van der Waals surface area contributed by atoms with Gasteiger partial charge in [0.1, 0.15) is 5.82 Å². The van der Waals surface area contributed by atoms with Gasteiger partial charge in [-0.25, -0.2) is 4.98 Å². The zero-order chi connectivity index (χ0) is 13.0. The first-order valence-electron chi connectivity index (χ1n) is 6.11. The number of hydrogen-bond donors (Lipinski definition) is 3. The van der Waals surface area contributed by atoms with Crippen molar-refractivity contribution in [2.24, 2.45) is 0 Å². The Bertz CT molecular complexity index is 518. The molecule has 0 aliphatic heterocycles. The van der Waals surface area contributed by atoms with Crippen LogP contribution < -0.4 is 11.1 Å². The molecule has 0 unspecified atom stereocenters. The van der Waals surface area contributed by atoms with Crippen molar-refractivity contribution in [1.82, 2.24) is 15.2 Å². The predicted molar refractivity (Wildman–Crippen MR) is 73.5 cm³/mol.